The third kappa shape index (κ3) is 3.31. The molecule has 2 aromatic rings. The normalized spacial score (nSPS) is 10.8. The van der Waals surface area contributed by atoms with E-state index >= 15 is 0 Å². The summed E-state index contributed by atoms with van der Waals surface area (Å²) >= 11 is 0. The van der Waals surface area contributed by atoms with Crippen molar-refractivity contribution in [3.8, 4) is 11.5 Å². The molecule has 0 amide bonds. The molecule has 1 heterocycles. The van der Waals surface area contributed by atoms with Gasteiger partial charge >= 0.3 is 0 Å². The Bertz CT molecular complexity index is 659. The Hall–Kier alpha value is -2.56. The number of aryl methyl sites for hydroxylation is 1. The third-order valence-electron chi connectivity index (χ3n) is 3.10. The molecule has 0 atom stereocenters. The number of ether oxygens (including phenoxy) is 2. The average Bonchev–Trinajstić information content (AvgIpc) is 3.00. The molecule has 110 valence electrons. The van der Waals surface area contributed by atoms with E-state index in [2.05, 4.69) is 5.10 Å². The molecule has 0 spiro atoms. The van der Waals surface area contributed by atoms with Gasteiger partial charge in [0.2, 0.25) is 5.78 Å². The maximum Gasteiger partial charge on any atom is 0.203 e. The minimum atomic E-state index is -0.0795. The summed E-state index contributed by atoms with van der Waals surface area (Å²) in [5.41, 5.74) is 1.44. The van der Waals surface area contributed by atoms with Gasteiger partial charge in [-0.05, 0) is 36.8 Å². The van der Waals surface area contributed by atoms with Crippen LogP contribution in [0, 0.1) is 0 Å². The van der Waals surface area contributed by atoms with Gasteiger partial charge in [-0.1, -0.05) is 12.1 Å². The van der Waals surface area contributed by atoms with Crippen LogP contribution in [0.15, 0.2) is 36.5 Å². The third-order valence-corrected chi connectivity index (χ3v) is 3.10. The second-order valence-electron chi connectivity index (χ2n) is 4.34. The molecule has 0 aliphatic carbocycles. The smallest absolute Gasteiger partial charge is 0.203 e. The molecular formula is C16H18N2O3. The van der Waals surface area contributed by atoms with Crippen molar-refractivity contribution in [2.75, 3.05) is 14.2 Å². The molecule has 0 N–H and O–H groups in total. The van der Waals surface area contributed by atoms with E-state index < -0.39 is 0 Å². The van der Waals surface area contributed by atoms with Crippen LogP contribution in [0.5, 0.6) is 11.5 Å². The van der Waals surface area contributed by atoms with Crippen molar-refractivity contribution in [1.82, 2.24) is 9.78 Å². The van der Waals surface area contributed by atoms with Crippen molar-refractivity contribution < 1.29 is 14.3 Å². The maximum absolute atomic E-state index is 12.1. The van der Waals surface area contributed by atoms with Crippen LogP contribution >= 0.6 is 0 Å². The number of allylic oxidation sites excluding steroid dienone is 1. The van der Waals surface area contributed by atoms with Crippen LogP contribution in [0.25, 0.3) is 6.08 Å². The van der Waals surface area contributed by atoms with Crippen LogP contribution in [0.3, 0.4) is 0 Å². The minimum absolute atomic E-state index is 0.0795. The van der Waals surface area contributed by atoms with E-state index in [1.165, 1.54) is 6.08 Å². The molecule has 0 unspecified atom stereocenters. The summed E-state index contributed by atoms with van der Waals surface area (Å²) in [6.07, 6.45) is 4.91. The van der Waals surface area contributed by atoms with Gasteiger partial charge in [-0.15, -0.1) is 0 Å². The van der Waals surface area contributed by atoms with E-state index in [-0.39, 0.29) is 5.78 Å². The van der Waals surface area contributed by atoms with Crippen molar-refractivity contribution >= 4 is 11.9 Å². The zero-order valence-corrected chi connectivity index (χ0v) is 12.4. The molecule has 0 aliphatic heterocycles. The van der Waals surface area contributed by atoms with Gasteiger partial charge in [0.1, 0.15) is 5.69 Å². The van der Waals surface area contributed by atoms with E-state index in [1.807, 2.05) is 19.1 Å². The number of carbonyl (C=O) groups excluding carboxylic acids is 1. The van der Waals surface area contributed by atoms with Gasteiger partial charge < -0.3 is 9.47 Å². The molecule has 0 saturated heterocycles. The first-order chi connectivity index (χ1) is 10.2. The second kappa shape index (κ2) is 6.74. The number of hydrogen-bond acceptors (Lipinski definition) is 4. The van der Waals surface area contributed by atoms with E-state index in [1.54, 1.807) is 43.3 Å². The van der Waals surface area contributed by atoms with E-state index in [0.717, 1.165) is 5.56 Å². The van der Waals surface area contributed by atoms with Crippen molar-refractivity contribution in [2.45, 2.75) is 13.5 Å². The van der Waals surface area contributed by atoms with Crippen molar-refractivity contribution in [3.63, 3.8) is 0 Å². The molecule has 0 bridgehead atoms. The standard InChI is InChI=1S/C16H18N2O3/c1-4-18-13(9-10-17-18)14(19)7-5-12-6-8-15(20-2)16(11-12)21-3/h5-11H,4H2,1-3H3/b7-5+. The van der Waals surface area contributed by atoms with Crippen LogP contribution in [0.4, 0.5) is 0 Å². The Balaban J connectivity index is 2.19. The lowest BCUT2D eigenvalue weighted by molar-refractivity contribution is 0.103. The van der Waals surface area contributed by atoms with Crippen LogP contribution in [0.2, 0.25) is 0 Å². The van der Waals surface area contributed by atoms with E-state index in [9.17, 15) is 4.79 Å². The summed E-state index contributed by atoms with van der Waals surface area (Å²) < 4.78 is 12.1. The fourth-order valence-corrected chi connectivity index (χ4v) is 2.01. The predicted octanol–water partition coefficient (Wildman–Crippen LogP) is 2.82. The number of methoxy groups -OCH3 is 2. The first-order valence-corrected chi connectivity index (χ1v) is 6.65. The fraction of sp³-hybridized carbons (Fsp3) is 0.250. The lowest BCUT2D eigenvalue weighted by atomic mass is 10.1. The predicted molar refractivity (Wildman–Crippen MR) is 80.8 cm³/mol. The van der Waals surface area contributed by atoms with Gasteiger partial charge in [0, 0.05) is 12.7 Å². The minimum Gasteiger partial charge on any atom is -0.493 e. The number of carbonyl (C=O) groups is 1. The quantitative estimate of drug-likeness (QED) is 0.605. The van der Waals surface area contributed by atoms with E-state index in [4.69, 9.17) is 9.47 Å². The molecular weight excluding hydrogens is 268 g/mol. The highest BCUT2D eigenvalue weighted by molar-refractivity contribution is 6.05. The number of ketones is 1. The summed E-state index contributed by atoms with van der Waals surface area (Å²) in [5.74, 6) is 1.21. The van der Waals surface area contributed by atoms with Crippen LogP contribution in [-0.2, 0) is 6.54 Å². The van der Waals surface area contributed by atoms with Crippen molar-refractivity contribution in [2.24, 2.45) is 0 Å². The monoisotopic (exact) mass is 286 g/mol. The average molecular weight is 286 g/mol. The van der Waals surface area contributed by atoms with Gasteiger partial charge in [0.15, 0.2) is 11.5 Å². The number of aromatic nitrogens is 2. The van der Waals surface area contributed by atoms with E-state index in [0.29, 0.717) is 23.7 Å². The number of benzene rings is 1. The summed E-state index contributed by atoms with van der Waals surface area (Å²) in [5, 5.41) is 4.09. The molecule has 0 fully saturated rings. The Labute approximate surface area is 123 Å². The van der Waals surface area contributed by atoms with Gasteiger partial charge in [-0.3, -0.25) is 9.48 Å². The molecule has 5 heteroatoms. The Morgan fingerprint density at radius 2 is 2.00 bits per heavy atom. The summed E-state index contributed by atoms with van der Waals surface area (Å²) in [4.78, 5) is 12.1. The first-order valence-electron chi connectivity index (χ1n) is 6.65. The summed E-state index contributed by atoms with van der Waals surface area (Å²) in [7, 11) is 3.17. The van der Waals surface area contributed by atoms with Crippen LogP contribution in [0.1, 0.15) is 23.0 Å². The number of nitrogens with zero attached hydrogens (tertiary/aromatic N) is 2. The SMILES string of the molecule is CCn1nccc1C(=O)/C=C/c1ccc(OC)c(OC)c1. The molecule has 0 aliphatic rings. The Kier molecular flexibility index (Phi) is 4.77. The Morgan fingerprint density at radius 1 is 1.24 bits per heavy atom. The summed E-state index contributed by atoms with van der Waals surface area (Å²) in [6.45, 7) is 2.61. The van der Waals surface area contributed by atoms with Gasteiger partial charge in [-0.2, -0.15) is 5.10 Å². The van der Waals surface area contributed by atoms with Crippen LogP contribution < -0.4 is 9.47 Å². The highest BCUT2D eigenvalue weighted by atomic mass is 16.5. The van der Waals surface area contributed by atoms with Crippen molar-refractivity contribution in [3.05, 3.63) is 47.8 Å². The zero-order chi connectivity index (χ0) is 15.2. The van der Waals surface area contributed by atoms with Crippen molar-refractivity contribution in [1.29, 1.82) is 0 Å². The van der Waals surface area contributed by atoms with Gasteiger partial charge in [0.25, 0.3) is 0 Å². The second-order valence-corrected chi connectivity index (χ2v) is 4.34. The zero-order valence-electron chi connectivity index (χ0n) is 12.4. The Morgan fingerprint density at radius 3 is 2.67 bits per heavy atom. The maximum atomic E-state index is 12.1. The topological polar surface area (TPSA) is 53.4 Å². The largest absolute Gasteiger partial charge is 0.493 e. The molecule has 5 nitrogen and oxygen atoms in total. The lowest BCUT2D eigenvalue weighted by Gasteiger charge is -2.07. The first kappa shape index (κ1) is 14.8. The lowest BCUT2D eigenvalue weighted by Crippen LogP contribution is -2.07. The molecule has 2 rings (SSSR count). The highest BCUT2D eigenvalue weighted by Crippen LogP contribution is 2.28. The molecule has 0 radical (unpaired) electrons. The number of rotatable bonds is 6. The fourth-order valence-electron chi connectivity index (χ4n) is 2.01. The molecule has 21 heavy (non-hydrogen) atoms. The highest BCUT2D eigenvalue weighted by Gasteiger charge is 2.08. The number of hydrogen-bond donors (Lipinski definition) is 0. The molecule has 1 aromatic heterocycles. The van der Waals surface area contributed by atoms with Gasteiger partial charge in [0.05, 0.1) is 14.2 Å². The molecule has 1 aromatic carbocycles. The van der Waals surface area contributed by atoms with Crippen LogP contribution in [-0.4, -0.2) is 29.8 Å². The summed E-state index contributed by atoms with van der Waals surface area (Å²) in [6, 6.07) is 7.20. The molecule has 0 saturated carbocycles. The van der Waals surface area contributed by atoms with Gasteiger partial charge in [-0.25, -0.2) is 0 Å².